The van der Waals surface area contributed by atoms with Crippen LogP contribution in [0.25, 0.3) is 11.4 Å². The summed E-state index contributed by atoms with van der Waals surface area (Å²) in [6, 6.07) is 14.6. The van der Waals surface area contributed by atoms with E-state index < -0.39 is 5.97 Å². The number of rotatable bonds is 5. The normalized spacial score (nSPS) is 10.7. The van der Waals surface area contributed by atoms with Crippen molar-refractivity contribution in [2.75, 3.05) is 5.84 Å². The van der Waals surface area contributed by atoms with Crippen LogP contribution < -0.4 is 15.6 Å². The summed E-state index contributed by atoms with van der Waals surface area (Å²) in [6.07, 6.45) is 0. The van der Waals surface area contributed by atoms with Crippen LogP contribution in [0.2, 0.25) is 0 Å². The number of aryl methyl sites for hydroxylation is 1. The van der Waals surface area contributed by atoms with Crippen LogP contribution in [0.15, 0.2) is 53.7 Å². The molecule has 3 aromatic rings. The summed E-state index contributed by atoms with van der Waals surface area (Å²) in [5.41, 5.74) is 3.25. The van der Waals surface area contributed by atoms with E-state index in [-0.39, 0.29) is 5.56 Å². The maximum absolute atomic E-state index is 10.7. The van der Waals surface area contributed by atoms with Gasteiger partial charge in [0.25, 0.3) is 5.82 Å². The maximum atomic E-state index is 10.7. The number of aromatic amines is 1. The number of carboxylic acid groups (broad SMARTS) is 1. The van der Waals surface area contributed by atoms with Gasteiger partial charge in [-0.1, -0.05) is 42.0 Å². The van der Waals surface area contributed by atoms with Crippen LogP contribution in [0.1, 0.15) is 21.5 Å². The fraction of sp³-hybridized carbons (Fsp3) is 0.118. The number of aromatic carboxylic acids is 1. The molecule has 1 heterocycles. The van der Waals surface area contributed by atoms with E-state index in [2.05, 4.69) is 10.2 Å². The van der Waals surface area contributed by atoms with E-state index in [1.165, 1.54) is 28.6 Å². The Labute approximate surface area is 143 Å². The SMILES string of the molecule is Cc1cccc(-c2[nH]nc(SCc3ccc(C(=O)[O-])cc3)[n+]2N)c1. The van der Waals surface area contributed by atoms with Crippen LogP contribution in [0.5, 0.6) is 0 Å². The topological polar surface area (TPSA) is 98.7 Å². The lowest BCUT2D eigenvalue weighted by atomic mass is 10.1. The van der Waals surface area contributed by atoms with Crippen LogP contribution >= 0.6 is 11.8 Å². The van der Waals surface area contributed by atoms with E-state index in [1.54, 1.807) is 12.1 Å². The Hall–Kier alpha value is -2.80. The van der Waals surface area contributed by atoms with Crippen molar-refractivity contribution >= 4 is 17.7 Å². The predicted molar refractivity (Wildman–Crippen MR) is 89.4 cm³/mol. The van der Waals surface area contributed by atoms with E-state index in [0.717, 1.165) is 22.5 Å². The molecule has 0 amide bonds. The summed E-state index contributed by atoms with van der Waals surface area (Å²) < 4.78 is 1.52. The summed E-state index contributed by atoms with van der Waals surface area (Å²) in [5.74, 6) is 6.31. The molecule has 0 unspecified atom stereocenters. The molecule has 24 heavy (non-hydrogen) atoms. The lowest BCUT2D eigenvalue weighted by molar-refractivity contribution is -0.666. The summed E-state index contributed by atoms with van der Waals surface area (Å²) in [6.45, 7) is 2.02. The predicted octanol–water partition coefficient (Wildman–Crippen LogP) is 1.04. The zero-order valence-corrected chi connectivity index (χ0v) is 13.8. The molecule has 0 spiro atoms. The average molecular weight is 340 g/mol. The molecular weight excluding hydrogens is 324 g/mol. The third kappa shape index (κ3) is 3.41. The lowest BCUT2D eigenvalue weighted by Gasteiger charge is -2.03. The first-order chi connectivity index (χ1) is 11.5. The fourth-order valence-corrected chi connectivity index (χ4v) is 3.12. The molecule has 6 nitrogen and oxygen atoms in total. The number of nitrogen functional groups attached to an aromatic ring is 1. The van der Waals surface area contributed by atoms with Crippen LogP contribution in [-0.2, 0) is 5.75 Å². The Morgan fingerprint density at radius 1 is 1.29 bits per heavy atom. The molecule has 1 aromatic heterocycles. The molecule has 0 atom stereocenters. The molecule has 122 valence electrons. The second-order valence-corrected chi connectivity index (χ2v) is 6.31. The number of nitrogens with one attached hydrogen (secondary N) is 1. The number of carboxylic acids is 1. The van der Waals surface area contributed by atoms with Gasteiger partial charge in [0.1, 0.15) is 0 Å². The number of H-pyrrole nitrogens is 1. The van der Waals surface area contributed by atoms with Crippen molar-refractivity contribution in [3.63, 3.8) is 0 Å². The van der Waals surface area contributed by atoms with Gasteiger partial charge in [-0.2, -0.15) is 0 Å². The van der Waals surface area contributed by atoms with Crippen molar-refractivity contribution in [1.82, 2.24) is 10.2 Å². The molecule has 0 saturated carbocycles. The van der Waals surface area contributed by atoms with Gasteiger partial charge in [0.2, 0.25) is 0 Å². The number of nitrogens with zero attached hydrogens (tertiary/aromatic N) is 2. The van der Waals surface area contributed by atoms with Gasteiger partial charge in [0.05, 0.1) is 16.6 Å². The Bertz CT molecular complexity index is 875. The highest BCUT2D eigenvalue weighted by atomic mass is 32.2. The van der Waals surface area contributed by atoms with E-state index >= 15 is 0 Å². The van der Waals surface area contributed by atoms with Crippen molar-refractivity contribution < 1.29 is 14.6 Å². The molecule has 3 rings (SSSR count). The number of carbonyl (C=O) groups is 1. The van der Waals surface area contributed by atoms with Gasteiger partial charge >= 0.3 is 5.16 Å². The van der Waals surface area contributed by atoms with Gasteiger partial charge in [-0.25, -0.2) is 0 Å². The second-order valence-electron chi connectivity index (χ2n) is 5.37. The number of aromatic nitrogens is 3. The zero-order chi connectivity index (χ0) is 17.1. The number of thioether (sulfide) groups is 1. The van der Waals surface area contributed by atoms with Crippen LogP contribution in [0.3, 0.4) is 0 Å². The Morgan fingerprint density at radius 2 is 2.04 bits per heavy atom. The minimum Gasteiger partial charge on any atom is -0.545 e. The molecule has 0 aliphatic carbocycles. The first kappa shape index (κ1) is 16.1. The largest absolute Gasteiger partial charge is 0.545 e. The highest BCUT2D eigenvalue weighted by Crippen LogP contribution is 2.21. The Balaban J connectivity index is 1.73. The van der Waals surface area contributed by atoms with Crippen LogP contribution in [-0.4, -0.2) is 16.2 Å². The number of nitrogens with two attached hydrogens (primary N) is 1. The highest BCUT2D eigenvalue weighted by molar-refractivity contribution is 7.98. The summed E-state index contributed by atoms with van der Waals surface area (Å²) in [7, 11) is 0. The van der Waals surface area contributed by atoms with Crippen molar-refractivity contribution in [2.45, 2.75) is 17.8 Å². The van der Waals surface area contributed by atoms with Crippen molar-refractivity contribution in [2.24, 2.45) is 0 Å². The Kier molecular flexibility index (Phi) is 4.52. The number of hydrogen-bond acceptors (Lipinski definition) is 5. The number of hydrogen-bond donors (Lipinski definition) is 2. The highest BCUT2D eigenvalue weighted by Gasteiger charge is 2.20. The molecule has 0 radical (unpaired) electrons. The monoisotopic (exact) mass is 340 g/mol. The van der Waals surface area contributed by atoms with E-state index in [4.69, 9.17) is 5.84 Å². The van der Waals surface area contributed by atoms with E-state index in [1.807, 2.05) is 31.2 Å². The van der Waals surface area contributed by atoms with Gasteiger partial charge in [-0.05, 0) is 41.9 Å². The smallest absolute Gasteiger partial charge is 0.358 e. The van der Waals surface area contributed by atoms with Gasteiger partial charge in [-0.15, -0.1) is 9.77 Å². The molecule has 7 heteroatoms. The minimum absolute atomic E-state index is 0.166. The van der Waals surface area contributed by atoms with Gasteiger partial charge in [0, 0.05) is 5.75 Å². The van der Waals surface area contributed by atoms with Crippen LogP contribution in [0, 0.1) is 6.92 Å². The van der Waals surface area contributed by atoms with Crippen molar-refractivity contribution in [1.29, 1.82) is 0 Å². The molecule has 2 aromatic carbocycles. The zero-order valence-electron chi connectivity index (χ0n) is 13.0. The summed E-state index contributed by atoms with van der Waals surface area (Å²) >= 11 is 1.47. The second kappa shape index (κ2) is 6.76. The average Bonchev–Trinajstić information content (AvgIpc) is 2.94. The van der Waals surface area contributed by atoms with Gasteiger partial charge < -0.3 is 9.90 Å². The number of carbonyl (C=O) groups excluding carboxylic acids is 1. The molecule has 0 saturated heterocycles. The molecule has 3 N–H and O–H groups in total. The Morgan fingerprint density at radius 3 is 2.71 bits per heavy atom. The van der Waals surface area contributed by atoms with Crippen LogP contribution in [0.4, 0.5) is 0 Å². The fourth-order valence-electron chi connectivity index (χ4n) is 2.29. The van der Waals surface area contributed by atoms with Gasteiger partial charge in [-0.3, -0.25) is 5.84 Å². The first-order valence-electron chi connectivity index (χ1n) is 7.30. The minimum atomic E-state index is -1.18. The van der Waals surface area contributed by atoms with Crippen molar-refractivity contribution in [3.05, 3.63) is 65.2 Å². The molecular formula is C17H16N4O2S. The maximum Gasteiger partial charge on any atom is 0.358 e. The quantitative estimate of drug-likeness (QED) is 0.411. The molecule has 0 aliphatic heterocycles. The summed E-state index contributed by atoms with van der Waals surface area (Å²) in [5, 5.41) is 18.6. The third-order valence-electron chi connectivity index (χ3n) is 3.55. The standard InChI is InChI=1S/C17H16N4O2S/c1-11-3-2-4-14(9-11)15-19-20-17(21(15)18)24-10-12-5-7-13(8-6-12)16(22)23/h2-9H,10,18H2,1H3,(H,22,23). The summed E-state index contributed by atoms with van der Waals surface area (Å²) in [4.78, 5) is 10.7. The third-order valence-corrected chi connectivity index (χ3v) is 4.58. The number of benzene rings is 2. The van der Waals surface area contributed by atoms with E-state index in [9.17, 15) is 9.90 Å². The first-order valence-corrected chi connectivity index (χ1v) is 8.29. The molecule has 0 aliphatic rings. The van der Waals surface area contributed by atoms with Gasteiger partial charge in [0.15, 0.2) is 0 Å². The molecule has 0 bridgehead atoms. The van der Waals surface area contributed by atoms with Crippen molar-refractivity contribution in [3.8, 4) is 11.4 Å². The molecule has 0 fully saturated rings. The van der Waals surface area contributed by atoms with E-state index in [0.29, 0.717) is 10.9 Å². The lowest BCUT2D eigenvalue weighted by Crippen LogP contribution is -2.47.